The molecule has 0 spiro atoms. The molecule has 0 saturated carbocycles. The summed E-state index contributed by atoms with van der Waals surface area (Å²) >= 11 is 0. The Morgan fingerprint density at radius 3 is 2.71 bits per heavy atom. The number of aryl methyl sites for hydroxylation is 1. The number of rotatable bonds is 5. The van der Waals surface area contributed by atoms with Gasteiger partial charge in [0.25, 0.3) is 0 Å². The van der Waals surface area contributed by atoms with E-state index in [1.54, 1.807) is 24.4 Å². The van der Waals surface area contributed by atoms with Crippen LogP contribution in [0.3, 0.4) is 0 Å². The molecule has 2 N–H and O–H groups in total. The van der Waals surface area contributed by atoms with Crippen LogP contribution >= 0.6 is 0 Å². The number of ether oxygens (including phenoxy) is 1. The van der Waals surface area contributed by atoms with Crippen LogP contribution in [0.1, 0.15) is 30.4 Å². The van der Waals surface area contributed by atoms with E-state index in [-0.39, 0.29) is 23.0 Å². The number of aromatic hydroxyl groups is 1. The lowest BCUT2D eigenvalue weighted by molar-refractivity contribution is 0.282. The third-order valence-electron chi connectivity index (χ3n) is 6.61. The van der Waals surface area contributed by atoms with Crippen molar-refractivity contribution in [3.8, 4) is 23.0 Å². The van der Waals surface area contributed by atoms with Gasteiger partial charge in [0, 0.05) is 36.9 Å². The van der Waals surface area contributed by atoms with E-state index in [1.165, 1.54) is 19.6 Å². The van der Waals surface area contributed by atoms with Crippen molar-refractivity contribution in [2.24, 2.45) is 0 Å². The van der Waals surface area contributed by atoms with Gasteiger partial charge in [-0.15, -0.1) is 0 Å². The lowest BCUT2D eigenvalue weighted by atomic mass is 9.94. The van der Waals surface area contributed by atoms with Gasteiger partial charge in [0.15, 0.2) is 5.82 Å². The Hall–Kier alpha value is -3.52. The van der Waals surface area contributed by atoms with Gasteiger partial charge in [0.1, 0.15) is 22.8 Å². The monoisotopic (exact) mass is 461 g/mol. The van der Waals surface area contributed by atoms with Crippen LogP contribution in [0.25, 0.3) is 28.2 Å². The minimum atomic E-state index is -0.576. The maximum absolute atomic E-state index is 16.0. The van der Waals surface area contributed by atoms with Gasteiger partial charge >= 0.3 is 6.01 Å². The summed E-state index contributed by atoms with van der Waals surface area (Å²) in [7, 11) is 1.48. The predicted octanol–water partition coefficient (Wildman–Crippen LogP) is 4.38. The highest BCUT2D eigenvalue weighted by Crippen LogP contribution is 2.37. The summed E-state index contributed by atoms with van der Waals surface area (Å²) in [6, 6.07) is 4.03. The summed E-state index contributed by atoms with van der Waals surface area (Å²) in [5.41, 5.74) is 2.28. The highest BCUT2D eigenvalue weighted by molar-refractivity contribution is 5.93. The summed E-state index contributed by atoms with van der Waals surface area (Å²) in [6.45, 7) is 7.15. The number of anilines is 1. The number of hydrogen-bond acceptors (Lipinski definition) is 7. The number of nitrogens with one attached hydrogen (secondary N) is 1. The van der Waals surface area contributed by atoms with Crippen LogP contribution in [0.15, 0.2) is 37.1 Å². The van der Waals surface area contributed by atoms with Crippen LogP contribution in [0.2, 0.25) is 0 Å². The van der Waals surface area contributed by atoms with Crippen LogP contribution in [0.4, 0.5) is 10.2 Å². The maximum Gasteiger partial charge on any atom is 0.318 e. The molecule has 2 aliphatic rings. The van der Waals surface area contributed by atoms with Crippen LogP contribution in [-0.2, 0) is 0 Å². The summed E-state index contributed by atoms with van der Waals surface area (Å²) in [6.07, 6.45) is 10.3. The molecule has 5 rings (SSSR count). The van der Waals surface area contributed by atoms with E-state index in [1.807, 2.05) is 13.0 Å². The second-order valence-corrected chi connectivity index (χ2v) is 8.93. The Labute approximate surface area is 198 Å². The molecule has 2 fully saturated rings. The molecule has 0 radical (unpaired) electrons. The molecule has 2 aromatic heterocycles. The number of nitrogens with zero attached hydrogens (tertiary/aromatic N) is 4. The molecular weight excluding hydrogens is 433 g/mol. The van der Waals surface area contributed by atoms with Crippen molar-refractivity contribution in [1.82, 2.24) is 20.3 Å². The zero-order chi connectivity index (χ0) is 23.8. The Bertz CT molecular complexity index is 1280. The molecule has 2 bridgehead atoms. The molecule has 7 nitrogen and oxygen atoms in total. The van der Waals surface area contributed by atoms with Crippen LogP contribution in [0.5, 0.6) is 11.8 Å². The van der Waals surface area contributed by atoms with Gasteiger partial charge in [-0.1, -0.05) is 31.2 Å². The molecule has 2 unspecified atom stereocenters. The quantitative estimate of drug-likeness (QED) is 0.546. The minimum absolute atomic E-state index is 0.0397. The van der Waals surface area contributed by atoms with Gasteiger partial charge < -0.3 is 20.1 Å². The molecule has 176 valence electrons. The lowest BCUT2D eigenvalue weighted by Gasteiger charge is -2.43. The molecule has 0 aliphatic carbocycles. The number of allylic oxidation sites excluding steroid dienone is 2. The van der Waals surface area contributed by atoms with E-state index >= 15 is 4.39 Å². The number of piperidine rings is 1. The number of hydrogen-bond donors (Lipinski definition) is 2. The fourth-order valence-corrected chi connectivity index (χ4v) is 5.08. The highest BCUT2D eigenvalue weighted by atomic mass is 19.1. The number of pyridine rings is 1. The average Bonchev–Trinajstić information content (AvgIpc) is 2.82. The molecular formula is C26H28FN5O2. The van der Waals surface area contributed by atoms with Crippen LogP contribution in [-0.4, -0.2) is 52.3 Å². The smallest absolute Gasteiger partial charge is 0.318 e. The van der Waals surface area contributed by atoms with Crippen molar-refractivity contribution in [2.75, 3.05) is 25.1 Å². The minimum Gasteiger partial charge on any atom is -0.508 e. The summed E-state index contributed by atoms with van der Waals surface area (Å²) in [4.78, 5) is 15.6. The molecule has 3 aromatic rings. The van der Waals surface area contributed by atoms with Gasteiger partial charge in [-0.25, -0.2) is 4.39 Å². The van der Waals surface area contributed by atoms with Gasteiger partial charge in [-0.05, 0) is 43.0 Å². The van der Waals surface area contributed by atoms with Crippen molar-refractivity contribution in [1.29, 1.82) is 0 Å². The van der Waals surface area contributed by atoms with E-state index < -0.39 is 5.82 Å². The fraction of sp³-hybridized carbons (Fsp3) is 0.346. The van der Waals surface area contributed by atoms with Crippen molar-refractivity contribution in [3.63, 3.8) is 0 Å². The predicted molar refractivity (Wildman–Crippen MR) is 132 cm³/mol. The SMILES string of the molecule is C=C/C=C\c1c(C)cc(O)cc1-c1ncc2c(N3CC4CCCC(C3)N4)nc(OC)nc2c1F. The van der Waals surface area contributed by atoms with E-state index in [9.17, 15) is 5.11 Å². The molecule has 8 heteroatoms. The third-order valence-corrected chi connectivity index (χ3v) is 6.61. The zero-order valence-electron chi connectivity index (χ0n) is 19.4. The number of methoxy groups -OCH3 is 1. The first kappa shape index (κ1) is 22.3. The third kappa shape index (κ3) is 3.98. The van der Waals surface area contributed by atoms with Gasteiger partial charge in [0.2, 0.25) is 0 Å². The summed E-state index contributed by atoms with van der Waals surface area (Å²) in [5.74, 6) is 0.1000. The van der Waals surface area contributed by atoms with E-state index in [4.69, 9.17) is 4.74 Å². The van der Waals surface area contributed by atoms with E-state index in [0.29, 0.717) is 28.9 Å². The molecule has 2 aliphatic heterocycles. The van der Waals surface area contributed by atoms with E-state index in [2.05, 4.69) is 31.7 Å². The Balaban J connectivity index is 1.68. The lowest BCUT2D eigenvalue weighted by Crippen LogP contribution is -2.59. The van der Waals surface area contributed by atoms with Crippen molar-refractivity contribution >= 4 is 22.8 Å². The van der Waals surface area contributed by atoms with Gasteiger partial charge in [0.05, 0.1) is 12.5 Å². The Kier molecular flexibility index (Phi) is 5.91. The number of halogens is 1. The molecule has 34 heavy (non-hydrogen) atoms. The number of piperazine rings is 1. The largest absolute Gasteiger partial charge is 0.508 e. The first-order valence-corrected chi connectivity index (χ1v) is 11.5. The number of aromatic nitrogens is 3. The van der Waals surface area contributed by atoms with Gasteiger partial charge in [-0.3, -0.25) is 4.98 Å². The normalized spacial score (nSPS) is 20.1. The first-order chi connectivity index (χ1) is 16.5. The van der Waals surface area contributed by atoms with Crippen LogP contribution < -0.4 is 15.0 Å². The molecule has 1 aromatic carbocycles. The van der Waals surface area contributed by atoms with Crippen molar-refractivity contribution in [3.05, 3.63) is 54.0 Å². The second-order valence-electron chi connectivity index (χ2n) is 8.93. The first-order valence-electron chi connectivity index (χ1n) is 11.5. The summed E-state index contributed by atoms with van der Waals surface area (Å²) < 4.78 is 21.4. The summed E-state index contributed by atoms with van der Waals surface area (Å²) in [5, 5.41) is 14.4. The molecule has 2 saturated heterocycles. The van der Waals surface area contributed by atoms with Gasteiger partial charge in [-0.2, -0.15) is 9.97 Å². The molecule has 4 heterocycles. The number of phenolic OH excluding ortho intramolecular Hbond substituents is 1. The second kappa shape index (κ2) is 9.02. The van der Waals surface area contributed by atoms with Crippen molar-refractivity contribution in [2.45, 2.75) is 38.3 Å². The average molecular weight is 462 g/mol. The molecule has 2 atom stereocenters. The van der Waals surface area contributed by atoms with Crippen LogP contribution in [0, 0.1) is 12.7 Å². The number of phenols is 1. The standard InChI is InChI=1S/C26H28FN5O2/c1-4-5-9-19-15(2)10-18(33)11-20(19)23-22(27)24-21(12-28-23)25(31-26(30-24)34-3)32-13-16-7-6-8-17(14-32)29-16/h4-5,9-12,16-17,29,33H,1,6-8,13-14H2,2-3H3/b9-5-. The Morgan fingerprint density at radius 2 is 2.00 bits per heavy atom. The van der Waals surface area contributed by atoms with E-state index in [0.717, 1.165) is 37.1 Å². The fourth-order valence-electron chi connectivity index (χ4n) is 5.08. The topological polar surface area (TPSA) is 83.4 Å². The number of benzene rings is 1. The number of fused-ring (bicyclic) bond motifs is 3. The maximum atomic E-state index is 16.0. The molecule has 0 amide bonds. The van der Waals surface area contributed by atoms with Crippen molar-refractivity contribution < 1.29 is 14.2 Å². The highest BCUT2D eigenvalue weighted by Gasteiger charge is 2.32. The Morgan fingerprint density at radius 1 is 1.24 bits per heavy atom. The zero-order valence-corrected chi connectivity index (χ0v) is 19.4.